The van der Waals surface area contributed by atoms with Crippen LogP contribution < -0.4 is 15.8 Å². The van der Waals surface area contributed by atoms with Crippen molar-refractivity contribution in [3.05, 3.63) is 40.2 Å². The summed E-state index contributed by atoms with van der Waals surface area (Å²) in [5.74, 6) is -0.512. The minimum Gasteiger partial charge on any atom is -0.422 e. The third-order valence-corrected chi connectivity index (χ3v) is 4.36. The van der Waals surface area contributed by atoms with Crippen LogP contribution in [0.15, 0.2) is 33.5 Å². The van der Waals surface area contributed by atoms with E-state index < -0.39 is 17.1 Å². The fraction of sp³-hybridized carbons (Fsp3) is 0.524. The maximum atomic E-state index is 12.4. The fourth-order valence-corrected chi connectivity index (χ4v) is 2.78. The number of rotatable bonds is 9. The zero-order valence-corrected chi connectivity index (χ0v) is 17.2. The first kappa shape index (κ1) is 21.9. The minimum atomic E-state index is -0.943. The lowest BCUT2D eigenvalue weighted by molar-refractivity contribution is -0.0463. The Bertz CT molecular complexity index is 865. The van der Waals surface area contributed by atoms with Crippen molar-refractivity contribution in [3.63, 3.8) is 0 Å². The van der Waals surface area contributed by atoms with Gasteiger partial charge in [0.25, 0.3) is 5.91 Å². The molecule has 2 rings (SSSR count). The number of hydrogen-bond donors (Lipinski definition) is 2. The number of fused-ring (bicyclic) bond motifs is 1. The summed E-state index contributed by atoms with van der Waals surface area (Å²) < 4.78 is 10.9. The van der Waals surface area contributed by atoms with Crippen LogP contribution in [0.4, 0.5) is 5.69 Å². The normalized spacial score (nSPS) is 12.8. The van der Waals surface area contributed by atoms with Crippen molar-refractivity contribution in [1.29, 1.82) is 0 Å². The quantitative estimate of drug-likeness (QED) is 0.640. The third-order valence-electron chi connectivity index (χ3n) is 4.36. The summed E-state index contributed by atoms with van der Waals surface area (Å²) in [5, 5.41) is 13.0. The summed E-state index contributed by atoms with van der Waals surface area (Å²) in [7, 11) is 0. The zero-order valence-electron chi connectivity index (χ0n) is 17.2. The van der Waals surface area contributed by atoms with E-state index >= 15 is 0 Å². The second-order valence-electron chi connectivity index (χ2n) is 7.49. The van der Waals surface area contributed by atoms with Crippen molar-refractivity contribution in [3.8, 4) is 0 Å². The van der Waals surface area contributed by atoms with Gasteiger partial charge in [0.1, 0.15) is 11.1 Å². The van der Waals surface area contributed by atoms with Gasteiger partial charge < -0.3 is 24.5 Å². The Morgan fingerprint density at radius 2 is 1.96 bits per heavy atom. The highest BCUT2D eigenvalue weighted by Gasteiger charge is 2.18. The molecule has 0 bridgehead atoms. The second-order valence-corrected chi connectivity index (χ2v) is 7.49. The highest BCUT2D eigenvalue weighted by atomic mass is 16.5. The number of carbonyl (C=O) groups is 1. The lowest BCUT2D eigenvalue weighted by Gasteiger charge is -2.21. The Labute approximate surface area is 165 Å². The Morgan fingerprint density at radius 1 is 1.29 bits per heavy atom. The van der Waals surface area contributed by atoms with E-state index in [-0.39, 0.29) is 24.8 Å². The van der Waals surface area contributed by atoms with Crippen molar-refractivity contribution >= 4 is 22.6 Å². The molecule has 2 aromatic rings. The van der Waals surface area contributed by atoms with Gasteiger partial charge in [-0.3, -0.25) is 4.79 Å². The van der Waals surface area contributed by atoms with E-state index in [2.05, 4.69) is 24.1 Å². The second kappa shape index (κ2) is 9.21. The van der Waals surface area contributed by atoms with Gasteiger partial charge in [0.2, 0.25) is 0 Å². The SMILES string of the molecule is CCN(CC)c1ccc2cc(C(=O)NCC(C)OCC(C)(C)O)c(=O)oc2c1. The molecule has 0 fully saturated rings. The Balaban J connectivity index is 2.12. The number of ether oxygens (including phenoxy) is 1. The van der Waals surface area contributed by atoms with Crippen molar-refractivity contribution in [2.75, 3.05) is 31.1 Å². The number of amides is 1. The van der Waals surface area contributed by atoms with E-state index in [4.69, 9.17) is 9.15 Å². The summed E-state index contributed by atoms with van der Waals surface area (Å²) in [6.07, 6.45) is -0.306. The molecular weight excluding hydrogens is 360 g/mol. The van der Waals surface area contributed by atoms with Crippen molar-refractivity contribution in [2.45, 2.75) is 46.3 Å². The molecule has 28 heavy (non-hydrogen) atoms. The molecule has 0 radical (unpaired) electrons. The third kappa shape index (κ3) is 5.81. The highest BCUT2D eigenvalue weighted by molar-refractivity contribution is 5.97. The summed E-state index contributed by atoms with van der Waals surface area (Å²) in [5.41, 5.74) is -0.241. The first-order valence-electron chi connectivity index (χ1n) is 9.59. The van der Waals surface area contributed by atoms with Crippen LogP contribution >= 0.6 is 0 Å². The number of benzene rings is 1. The van der Waals surface area contributed by atoms with E-state index in [1.807, 2.05) is 18.2 Å². The summed E-state index contributed by atoms with van der Waals surface area (Å²) in [6, 6.07) is 7.16. The average Bonchev–Trinajstić information content (AvgIpc) is 2.64. The lowest BCUT2D eigenvalue weighted by Crippen LogP contribution is -2.37. The number of nitrogens with zero attached hydrogens (tertiary/aromatic N) is 1. The van der Waals surface area contributed by atoms with Gasteiger partial charge in [0.15, 0.2) is 0 Å². The topological polar surface area (TPSA) is 92.0 Å². The fourth-order valence-electron chi connectivity index (χ4n) is 2.78. The molecule has 154 valence electrons. The van der Waals surface area contributed by atoms with Crippen LogP contribution in [-0.2, 0) is 4.74 Å². The molecule has 2 N–H and O–H groups in total. The van der Waals surface area contributed by atoms with E-state index in [0.717, 1.165) is 18.8 Å². The van der Waals surface area contributed by atoms with Crippen LogP contribution in [0.3, 0.4) is 0 Å². The minimum absolute atomic E-state index is 0.0437. The molecule has 0 aliphatic carbocycles. The van der Waals surface area contributed by atoms with Gasteiger partial charge in [-0.15, -0.1) is 0 Å². The molecule has 7 heteroatoms. The molecular formula is C21H30N2O5. The van der Waals surface area contributed by atoms with E-state index in [1.165, 1.54) is 0 Å². The van der Waals surface area contributed by atoms with Gasteiger partial charge in [-0.1, -0.05) is 0 Å². The maximum absolute atomic E-state index is 12.4. The first-order chi connectivity index (χ1) is 13.1. The first-order valence-corrected chi connectivity index (χ1v) is 9.59. The van der Waals surface area contributed by atoms with Gasteiger partial charge in [-0.05, 0) is 52.8 Å². The predicted molar refractivity (Wildman–Crippen MR) is 110 cm³/mol. The molecule has 1 atom stereocenters. The molecule has 0 spiro atoms. The van der Waals surface area contributed by atoms with Crippen molar-refractivity contribution < 1.29 is 19.1 Å². The Kier molecular flexibility index (Phi) is 7.21. The van der Waals surface area contributed by atoms with Crippen LogP contribution in [0.1, 0.15) is 45.0 Å². The van der Waals surface area contributed by atoms with E-state index in [9.17, 15) is 14.7 Å². The molecule has 0 aliphatic heterocycles. The van der Waals surface area contributed by atoms with E-state index in [0.29, 0.717) is 11.0 Å². The smallest absolute Gasteiger partial charge is 0.349 e. The molecule has 7 nitrogen and oxygen atoms in total. The molecule has 1 unspecified atom stereocenters. The molecule has 0 aliphatic rings. The van der Waals surface area contributed by atoms with E-state index in [1.54, 1.807) is 26.8 Å². The number of carbonyl (C=O) groups excluding carboxylic acids is 1. The molecule has 1 heterocycles. The van der Waals surface area contributed by atoms with Crippen LogP contribution in [0.25, 0.3) is 11.0 Å². The molecule has 1 aromatic heterocycles. The summed E-state index contributed by atoms with van der Waals surface area (Å²) in [6.45, 7) is 11.2. The van der Waals surface area contributed by atoms with Crippen LogP contribution in [0.2, 0.25) is 0 Å². The molecule has 0 saturated heterocycles. The zero-order chi connectivity index (χ0) is 20.9. The maximum Gasteiger partial charge on any atom is 0.349 e. The molecule has 1 aromatic carbocycles. The predicted octanol–water partition coefficient (Wildman–Crippen LogP) is 2.55. The number of aliphatic hydroxyl groups is 1. The monoisotopic (exact) mass is 390 g/mol. The van der Waals surface area contributed by atoms with Gasteiger partial charge in [-0.25, -0.2) is 4.79 Å². The van der Waals surface area contributed by atoms with Gasteiger partial charge >= 0.3 is 5.63 Å². The van der Waals surface area contributed by atoms with Gasteiger partial charge in [0, 0.05) is 36.8 Å². The average molecular weight is 390 g/mol. The molecule has 1 amide bonds. The van der Waals surface area contributed by atoms with Crippen LogP contribution in [0, 0.1) is 0 Å². The highest BCUT2D eigenvalue weighted by Crippen LogP contribution is 2.22. The van der Waals surface area contributed by atoms with Crippen molar-refractivity contribution in [2.24, 2.45) is 0 Å². The standard InChI is InChI=1S/C21H30N2O5/c1-6-23(7-2)16-9-8-15-10-17(20(25)28-18(15)11-16)19(24)22-12-14(3)27-13-21(4,5)26/h8-11,14,26H,6-7,12-13H2,1-5H3,(H,22,24). The lowest BCUT2D eigenvalue weighted by atomic mass is 10.1. The van der Waals surface area contributed by atoms with Gasteiger partial charge in [-0.2, -0.15) is 0 Å². The summed E-state index contributed by atoms with van der Waals surface area (Å²) >= 11 is 0. The number of anilines is 1. The van der Waals surface area contributed by atoms with Crippen molar-refractivity contribution in [1.82, 2.24) is 5.32 Å². The van der Waals surface area contributed by atoms with Crippen LogP contribution in [0.5, 0.6) is 0 Å². The Hall–Kier alpha value is -2.38. The summed E-state index contributed by atoms with van der Waals surface area (Å²) in [4.78, 5) is 26.8. The van der Waals surface area contributed by atoms with Gasteiger partial charge in [0.05, 0.1) is 18.3 Å². The largest absolute Gasteiger partial charge is 0.422 e. The number of hydrogen-bond acceptors (Lipinski definition) is 6. The number of nitrogens with one attached hydrogen (secondary N) is 1. The Morgan fingerprint density at radius 3 is 2.57 bits per heavy atom. The van der Waals surface area contributed by atoms with Crippen LogP contribution in [-0.4, -0.2) is 49.0 Å². The molecule has 0 saturated carbocycles.